The van der Waals surface area contributed by atoms with Crippen molar-refractivity contribution < 1.29 is 0 Å². The maximum absolute atomic E-state index is 5.61. The number of aryl methyl sites for hydroxylation is 1. The van der Waals surface area contributed by atoms with E-state index in [-0.39, 0.29) is 11.8 Å². The van der Waals surface area contributed by atoms with Crippen LogP contribution in [0.5, 0.6) is 0 Å². The average Bonchev–Trinajstić information content (AvgIpc) is 3.80. The Morgan fingerprint density at radius 3 is 1.41 bits per heavy atom. The molecule has 0 fully saturated rings. The van der Waals surface area contributed by atoms with Crippen LogP contribution < -0.4 is 0 Å². The predicted octanol–water partition coefficient (Wildman–Crippen LogP) is 14.3. The second-order valence-corrected chi connectivity index (χ2v) is 16.3. The topological polar surface area (TPSA) is 35.6 Å². The quantitative estimate of drug-likeness (QED) is 0.168. The van der Waals surface area contributed by atoms with Gasteiger partial charge in [0.05, 0.1) is 27.8 Å². The SMILES string of the molecule is CC1=Cc2c(c3ccccc3c3ccccc23)C(C)C1c1nc(-c2cc(-n3c4ccccc4c4ccccc43)cc(-n3c4ccccc4c4ccccc43)c2)ncc1C. The van der Waals surface area contributed by atoms with Gasteiger partial charge in [0.15, 0.2) is 5.82 Å². The molecule has 0 amide bonds. The first-order valence-electron chi connectivity index (χ1n) is 20.6. The molecule has 3 aromatic heterocycles. The highest BCUT2D eigenvalue weighted by Gasteiger charge is 2.33. The van der Waals surface area contributed by atoms with E-state index in [1.54, 1.807) is 0 Å². The Labute approximate surface area is 342 Å². The third-order valence-electron chi connectivity index (χ3n) is 13.0. The molecule has 1 aliphatic carbocycles. The Kier molecular flexibility index (Phi) is 7.37. The molecule has 0 saturated heterocycles. The summed E-state index contributed by atoms with van der Waals surface area (Å²) < 4.78 is 4.81. The summed E-state index contributed by atoms with van der Waals surface area (Å²) in [5, 5.41) is 10.2. The second kappa shape index (κ2) is 12.9. The summed E-state index contributed by atoms with van der Waals surface area (Å²) in [6, 6.07) is 59.6. The zero-order valence-electron chi connectivity index (χ0n) is 33.2. The highest BCUT2D eigenvalue weighted by atomic mass is 15.0. The van der Waals surface area contributed by atoms with Gasteiger partial charge in [-0.3, -0.25) is 0 Å². The summed E-state index contributed by atoms with van der Waals surface area (Å²) in [4.78, 5) is 10.7. The normalized spacial score (nSPS) is 15.5. The van der Waals surface area contributed by atoms with E-state index in [1.165, 1.54) is 81.9 Å². The van der Waals surface area contributed by atoms with Gasteiger partial charge in [0.25, 0.3) is 0 Å². The second-order valence-electron chi connectivity index (χ2n) is 16.3. The minimum absolute atomic E-state index is 0.0890. The molecule has 2 unspecified atom stereocenters. The lowest BCUT2D eigenvalue weighted by molar-refractivity contribution is 0.623. The zero-order valence-corrected chi connectivity index (χ0v) is 33.2. The molecule has 2 atom stereocenters. The number of rotatable bonds is 4. The van der Waals surface area contributed by atoms with Crippen molar-refractivity contribution in [2.75, 3.05) is 0 Å². The molecule has 1 aliphatic rings. The highest BCUT2D eigenvalue weighted by molar-refractivity contribution is 6.14. The number of benzene rings is 8. The van der Waals surface area contributed by atoms with Crippen LogP contribution in [-0.2, 0) is 0 Å². The Morgan fingerprint density at radius 1 is 0.475 bits per heavy atom. The van der Waals surface area contributed by atoms with Crippen LogP contribution in [0.15, 0.2) is 176 Å². The van der Waals surface area contributed by atoms with Crippen molar-refractivity contribution in [2.24, 2.45) is 0 Å². The van der Waals surface area contributed by atoms with Gasteiger partial charge in [-0.25, -0.2) is 9.97 Å². The molecule has 4 nitrogen and oxygen atoms in total. The smallest absolute Gasteiger partial charge is 0.159 e. The lowest BCUT2D eigenvalue weighted by Crippen LogP contribution is -2.18. The van der Waals surface area contributed by atoms with Crippen molar-refractivity contribution in [3.63, 3.8) is 0 Å². The van der Waals surface area contributed by atoms with Gasteiger partial charge in [-0.1, -0.05) is 140 Å². The molecular formula is C55H40N4. The standard InChI is InChI=1S/C55H40N4/c1-33-28-47-41-18-5-4-16-39(41)40-17-6-7-23-46(40)53(47)35(3)52(33)54-34(2)32-56-55(57-54)36-29-37(58-48-24-12-8-19-42(48)43-20-9-13-25-49(43)58)31-38(30-36)59-50-26-14-10-21-44(50)45-22-11-15-27-51(45)59/h4-32,35,52H,1-3H3. The maximum atomic E-state index is 5.61. The van der Waals surface area contributed by atoms with Crippen molar-refractivity contribution in [1.82, 2.24) is 19.1 Å². The number of para-hydroxylation sites is 4. The van der Waals surface area contributed by atoms with Crippen LogP contribution >= 0.6 is 0 Å². The van der Waals surface area contributed by atoms with Gasteiger partial charge in [-0.05, 0) is 100 Å². The van der Waals surface area contributed by atoms with Gasteiger partial charge in [0.2, 0.25) is 0 Å². The van der Waals surface area contributed by atoms with E-state index in [4.69, 9.17) is 9.97 Å². The van der Waals surface area contributed by atoms with Crippen LogP contribution in [0.25, 0.3) is 94.0 Å². The molecule has 11 aromatic rings. The molecular weight excluding hydrogens is 717 g/mol. The van der Waals surface area contributed by atoms with Crippen molar-refractivity contribution in [3.8, 4) is 22.8 Å². The largest absolute Gasteiger partial charge is 0.309 e. The molecule has 0 saturated carbocycles. The number of allylic oxidation sites excluding steroid dienone is 1. The van der Waals surface area contributed by atoms with E-state index in [0.29, 0.717) is 0 Å². The van der Waals surface area contributed by atoms with E-state index in [0.717, 1.165) is 34.0 Å². The summed E-state index contributed by atoms with van der Waals surface area (Å²) in [6.45, 7) is 6.86. The molecule has 8 aromatic carbocycles. The summed E-state index contributed by atoms with van der Waals surface area (Å²) in [7, 11) is 0. The summed E-state index contributed by atoms with van der Waals surface area (Å²) in [6.07, 6.45) is 4.47. The first-order chi connectivity index (χ1) is 29.0. The number of nitrogens with zero attached hydrogens (tertiary/aromatic N) is 4. The fourth-order valence-corrected chi connectivity index (χ4v) is 10.5. The molecule has 0 spiro atoms. The molecule has 3 heterocycles. The monoisotopic (exact) mass is 756 g/mol. The van der Waals surface area contributed by atoms with E-state index < -0.39 is 0 Å². The zero-order chi connectivity index (χ0) is 39.4. The van der Waals surface area contributed by atoms with Crippen LogP contribution in [0.2, 0.25) is 0 Å². The lowest BCUT2D eigenvalue weighted by atomic mass is 9.71. The molecule has 0 aliphatic heterocycles. The van der Waals surface area contributed by atoms with Gasteiger partial charge in [0, 0.05) is 50.6 Å². The van der Waals surface area contributed by atoms with Gasteiger partial charge >= 0.3 is 0 Å². The minimum Gasteiger partial charge on any atom is -0.309 e. The number of fused-ring (bicyclic) bond motifs is 12. The fourth-order valence-electron chi connectivity index (χ4n) is 10.5. The first kappa shape index (κ1) is 33.8. The molecule has 0 radical (unpaired) electrons. The number of hydrogen-bond acceptors (Lipinski definition) is 2. The van der Waals surface area contributed by atoms with Crippen LogP contribution in [0.4, 0.5) is 0 Å². The third-order valence-corrected chi connectivity index (χ3v) is 13.0. The van der Waals surface area contributed by atoms with E-state index in [1.807, 2.05) is 6.20 Å². The maximum Gasteiger partial charge on any atom is 0.159 e. The highest BCUT2D eigenvalue weighted by Crippen LogP contribution is 2.50. The molecule has 0 N–H and O–H groups in total. The van der Waals surface area contributed by atoms with E-state index in [9.17, 15) is 0 Å². The summed E-state index contributed by atoms with van der Waals surface area (Å²) in [5.41, 5.74) is 14.0. The fraction of sp³-hybridized carbons (Fsp3) is 0.0909. The summed E-state index contributed by atoms with van der Waals surface area (Å²) >= 11 is 0. The first-order valence-corrected chi connectivity index (χ1v) is 20.6. The van der Waals surface area contributed by atoms with Crippen LogP contribution in [0.3, 0.4) is 0 Å². The minimum atomic E-state index is 0.0890. The third kappa shape index (κ3) is 4.96. The number of hydrogen-bond donors (Lipinski definition) is 0. The Bertz CT molecular complexity index is 3320. The number of aromatic nitrogens is 4. The van der Waals surface area contributed by atoms with Crippen molar-refractivity contribution in [2.45, 2.75) is 32.6 Å². The van der Waals surface area contributed by atoms with Crippen LogP contribution in [0, 0.1) is 6.92 Å². The lowest BCUT2D eigenvalue weighted by Gasteiger charge is -2.33. The molecule has 280 valence electrons. The molecule has 12 rings (SSSR count). The molecule has 4 heteroatoms. The Hall–Kier alpha value is -7.30. The van der Waals surface area contributed by atoms with Crippen LogP contribution in [-0.4, -0.2) is 19.1 Å². The van der Waals surface area contributed by atoms with E-state index >= 15 is 0 Å². The van der Waals surface area contributed by atoms with Crippen molar-refractivity contribution in [1.29, 1.82) is 0 Å². The van der Waals surface area contributed by atoms with Gasteiger partial charge in [-0.15, -0.1) is 0 Å². The Balaban J connectivity index is 1.10. The van der Waals surface area contributed by atoms with Gasteiger partial charge in [0.1, 0.15) is 0 Å². The molecule has 0 bridgehead atoms. The Morgan fingerprint density at radius 2 is 0.898 bits per heavy atom. The molecule has 59 heavy (non-hydrogen) atoms. The van der Waals surface area contributed by atoms with Gasteiger partial charge in [-0.2, -0.15) is 0 Å². The van der Waals surface area contributed by atoms with Crippen molar-refractivity contribution in [3.05, 3.63) is 198 Å². The predicted molar refractivity (Wildman–Crippen MR) is 247 cm³/mol. The van der Waals surface area contributed by atoms with E-state index in [2.05, 4.69) is 200 Å². The van der Waals surface area contributed by atoms with Crippen molar-refractivity contribution >= 4 is 71.2 Å². The van der Waals surface area contributed by atoms with Gasteiger partial charge < -0.3 is 9.13 Å². The average molecular weight is 757 g/mol. The summed E-state index contributed by atoms with van der Waals surface area (Å²) in [5.74, 6) is 1.01. The van der Waals surface area contributed by atoms with Crippen LogP contribution in [0.1, 0.15) is 48.1 Å².